The lowest BCUT2D eigenvalue weighted by Gasteiger charge is -2.12. The van der Waals surface area contributed by atoms with Crippen molar-refractivity contribution in [3.05, 3.63) is 47.3 Å². The minimum Gasteiger partial charge on any atom is -0.477 e. The number of rotatable bonds is 7. The molecule has 0 saturated carbocycles. The van der Waals surface area contributed by atoms with Gasteiger partial charge in [0.15, 0.2) is 0 Å². The first-order valence-corrected chi connectivity index (χ1v) is 9.19. The molecule has 1 heterocycles. The number of hydrogen-bond donors (Lipinski definition) is 4. The number of carboxylic acids is 1. The van der Waals surface area contributed by atoms with Crippen LogP contribution in [0.25, 0.3) is 11.1 Å². The second-order valence-corrected chi connectivity index (χ2v) is 7.04. The van der Waals surface area contributed by atoms with Crippen molar-refractivity contribution >= 4 is 22.1 Å². The summed E-state index contributed by atoms with van der Waals surface area (Å²) in [4.78, 5) is 23.9. The molecule has 5 N–H and O–H groups in total. The van der Waals surface area contributed by atoms with Gasteiger partial charge in [0.25, 0.3) is 5.91 Å². The van der Waals surface area contributed by atoms with E-state index in [-0.39, 0.29) is 11.5 Å². The molecule has 0 aliphatic rings. The van der Waals surface area contributed by atoms with Crippen LogP contribution in [0.1, 0.15) is 26.4 Å². The molecule has 10 heteroatoms. The van der Waals surface area contributed by atoms with Crippen LogP contribution in [0.5, 0.6) is 0 Å². The first-order valence-electron chi connectivity index (χ1n) is 7.68. The Hall–Kier alpha value is -2.69. The number of carbonyl (C=O) groups is 2. The average molecular weight is 380 g/mol. The lowest BCUT2D eigenvalue weighted by molar-refractivity contribution is 0.0689. The zero-order valence-corrected chi connectivity index (χ0v) is 15.1. The maximum absolute atomic E-state index is 12.6. The fourth-order valence-corrected chi connectivity index (χ4v) is 3.22. The minimum absolute atomic E-state index is 0.263. The van der Waals surface area contributed by atoms with E-state index < -0.39 is 21.9 Å². The van der Waals surface area contributed by atoms with Crippen molar-refractivity contribution in [1.82, 2.24) is 14.6 Å². The summed E-state index contributed by atoms with van der Waals surface area (Å²) < 4.78 is 23.8. The van der Waals surface area contributed by atoms with E-state index in [4.69, 9.17) is 5.14 Å². The van der Waals surface area contributed by atoms with Gasteiger partial charge >= 0.3 is 16.2 Å². The van der Waals surface area contributed by atoms with Gasteiger partial charge in [0.2, 0.25) is 0 Å². The van der Waals surface area contributed by atoms with Crippen molar-refractivity contribution < 1.29 is 23.1 Å². The van der Waals surface area contributed by atoms with Crippen LogP contribution in [-0.2, 0) is 10.2 Å². The minimum atomic E-state index is -4.30. The third kappa shape index (κ3) is 4.10. The largest absolute Gasteiger partial charge is 0.477 e. The monoisotopic (exact) mass is 380 g/mol. The van der Waals surface area contributed by atoms with Gasteiger partial charge in [0.05, 0.1) is 5.56 Å². The summed E-state index contributed by atoms with van der Waals surface area (Å²) in [6.45, 7) is 2.73. The number of likely N-dealkylation sites (N-methyl/N-ethyl adjacent to an activating group) is 1. The van der Waals surface area contributed by atoms with E-state index in [9.17, 15) is 23.1 Å². The predicted octanol–water partition coefficient (Wildman–Crippen LogP) is 0.163. The van der Waals surface area contributed by atoms with Crippen LogP contribution in [0.2, 0.25) is 0 Å². The standard InChI is InChI=1S/C16H20N4O5S/c1-10-4-3-5-12(14(10)15(21)19-7-6-18-2)11-8-13(16(22)23)20(9-11)26(17,24)25/h3-5,8-9,18H,6-7H2,1-2H3,(H,19,21)(H,22,23)(H2,17,24,25). The van der Waals surface area contributed by atoms with E-state index in [1.54, 1.807) is 32.2 Å². The van der Waals surface area contributed by atoms with Crippen LogP contribution in [0.4, 0.5) is 0 Å². The van der Waals surface area contributed by atoms with E-state index >= 15 is 0 Å². The van der Waals surface area contributed by atoms with E-state index in [2.05, 4.69) is 10.6 Å². The molecule has 0 saturated heterocycles. The zero-order chi connectivity index (χ0) is 19.5. The van der Waals surface area contributed by atoms with Gasteiger partial charge in [-0.25, -0.2) is 13.9 Å². The van der Waals surface area contributed by atoms with E-state index in [0.29, 0.717) is 33.8 Å². The van der Waals surface area contributed by atoms with Crippen molar-refractivity contribution in [2.75, 3.05) is 20.1 Å². The molecule has 0 spiro atoms. The summed E-state index contributed by atoms with van der Waals surface area (Å²) in [6, 6.07) is 6.23. The Kier molecular flexibility index (Phi) is 5.80. The van der Waals surface area contributed by atoms with Crippen LogP contribution in [-0.4, -0.2) is 49.5 Å². The number of hydrogen-bond acceptors (Lipinski definition) is 5. The number of carboxylic acid groups (broad SMARTS) is 1. The highest BCUT2D eigenvalue weighted by atomic mass is 32.2. The van der Waals surface area contributed by atoms with E-state index in [1.165, 1.54) is 6.07 Å². The molecule has 0 aliphatic carbocycles. The highest BCUT2D eigenvalue weighted by Gasteiger charge is 2.23. The average Bonchev–Trinajstić information content (AvgIpc) is 3.00. The highest BCUT2D eigenvalue weighted by molar-refractivity contribution is 7.87. The fraction of sp³-hybridized carbons (Fsp3) is 0.250. The molecule has 0 aliphatic heterocycles. The molecule has 140 valence electrons. The number of aryl methyl sites for hydroxylation is 1. The second kappa shape index (κ2) is 7.68. The Bertz CT molecular complexity index is 950. The maximum Gasteiger partial charge on any atom is 0.353 e. The van der Waals surface area contributed by atoms with E-state index in [0.717, 1.165) is 6.20 Å². The molecule has 1 aromatic heterocycles. The third-order valence-electron chi connectivity index (χ3n) is 3.75. The molecule has 0 fully saturated rings. The normalized spacial score (nSPS) is 11.3. The summed E-state index contributed by atoms with van der Waals surface area (Å²) in [7, 11) is -2.54. The van der Waals surface area contributed by atoms with Gasteiger partial charge in [-0.2, -0.15) is 8.42 Å². The van der Waals surface area contributed by atoms with Crippen LogP contribution in [0.15, 0.2) is 30.5 Å². The molecule has 1 amide bonds. The summed E-state index contributed by atoms with van der Waals surface area (Å²) in [5, 5.41) is 20.0. The second-order valence-electron chi connectivity index (χ2n) is 5.62. The van der Waals surface area contributed by atoms with Crippen LogP contribution in [0.3, 0.4) is 0 Å². The first kappa shape index (κ1) is 19.6. The SMILES string of the molecule is CNCCNC(=O)c1c(C)cccc1-c1cc(C(=O)O)n(S(N)(=O)=O)c1. The van der Waals surface area contributed by atoms with Gasteiger partial charge < -0.3 is 15.7 Å². The van der Waals surface area contributed by atoms with Crippen molar-refractivity contribution in [3.63, 3.8) is 0 Å². The van der Waals surface area contributed by atoms with Gasteiger partial charge in [-0.3, -0.25) is 4.79 Å². The zero-order valence-electron chi connectivity index (χ0n) is 14.3. The smallest absolute Gasteiger partial charge is 0.353 e. The predicted molar refractivity (Wildman–Crippen MR) is 96.3 cm³/mol. The molecular formula is C16H20N4O5S. The number of aromatic carboxylic acids is 1. The van der Waals surface area contributed by atoms with Gasteiger partial charge in [-0.05, 0) is 31.2 Å². The molecule has 0 atom stereocenters. The molecule has 1 aromatic carbocycles. The Balaban J connectivity index is 2.58. The molecule has 2 aromatic rings. The molecule has 9 nitrogen and oxygen atoms in total. The van der Waals surface area contributed by atoms with Crippen molar-refractivity contribution in [1.29, 1.82) is 0 Å². The lowest BCUT2D eigenvalue weighted by Crippen LogP contribution is -2.31. The number of nitrogens with zero attached hydrogens (tertiary/aromatic N) is 1. The van der Waals surface area contributed by atoms with Gasteiger partial charge in [-0.15, -0.1) is 0 Å². The summed E-state index contributed by atoms with van der Waals surface area (Å²) >= 11 is 0. The number of nitrogens with two attached hydrogens (primary N) is 1. The first-order chi connectivity index (χ1) is 12.2. The summed E-state index contributed by atoms with van der Waals surface area (Å²) in [5.41, 5.74) is 1.18. The number of carbonyl (C=O) groups excluding carboxylic acids is 1. The number of nitrogens with one attached hydrogen (secondary N) is 2. The van der Waals surface area contributed by atoms with Gasteiger partial charge in [0.1, 0.15) is 5.69 Å². The van der Waals surface area contributed by atoms with Crippen LogP contribution < -0.4 is 15.8 Å². The van der Waals surface area contributed by atoms with Gasteiger partial charge in [0, 0.05) is 24.8 Å². The molecular weight excluding hydrogens is 360 g/mol. The number of aromatic nitrogens is 1. The third-order valence-corrected chi connectivity index (χ3v) is 4.60. The van der Waals surface area contributed by atoms with Crippen molar-refractivity contribution in [2.24, 2.45) is 5.14 Å². The van der Waals surface area contributed by atoms with Crippen molar-refractivity contribution in [3.8, 4) is 11.1 Å². The molecule has 0 unspecified atom stereocenters. The summed E-state index contributed by atoms with van der Waals surface area (Å²) in [6.07, 6.45) is 1.10. The van der Waals surface area contributed by atoms with E-state index in [1.807, 2.05) is 0 Å². The van der Waals surface area contributed by atoms with Crippen molar-refractivity contribution in [2.45, 2.75) is 6.92 Å². The van der Waals surface area contributed by atoms with Gasteiger partial charge in [-0.1, -0.05) is 18.2 Å². The quantitative estimate of drug-likeness (QED) is 0.504. The molecule has 26 heavy (non-hydrogen) atoms. The Labute approximate surface area is 151 Å². The highest BCUT2D eigenvalue weighted by Crippen LogP contribution is 2.28. The number of benzene rings is 1. The van der Waals surface area contributed by atoms with Crippen LogP contribution >= 0.6 is 0 Å². The Morgan fingerprint density at radius 3 is 2.50 bits per heavy atom. The summed E-state index contributed by atoms with van der Waals surface area (Å²) in [5.74, 6) is -1.79. The topological polar surface area (TPSA) is 144 Å². The lowest BCUT2D eigenvalue weighted by atomic mass is 9.97. The van der Waals surface area contributed by atoms with Crippen LogP contribution in [0, 0.1) is 6.92 Å². The molecule has 0 bridgehead atoms. The fourth-order valence-electron chi connectivity index (χ4n) is 2.56. The Morgan fingerprint density at radius 2 is 1.96 bits per heavy atom. The molecule has 0 radical (unpaired) electrons. The number of amides is 1. The maximum atomic E-state index is 12.6. The molecule has 2 rings (SSSR count). The Morgan fingerprint density at radius 1 is 1.27 bits per heavy atom.